The van der Waals surface area contributed by atoms with E-state index in [9.17, 15) is 4.79 Å². The van der Waals surface area contributed by atoms with Crippen molar-refractivity contribution in [3.05, 3.63) is 27.7 Å². The monoisotopic (exact) mass is 458 g/mol. The van der Waals surface area contributed by atoms with Crippen molar-refractivity contribution >= 4 is 33.6 Å². The first-order valence-corrected chi connectivity index (χ1v) is 10.7. The standard InChI is InChI=1S/C19H24BrClN2O4/c20-11-6-7-13(21)15(8-11)27-16-10-26-17-14(9-25-18(16)17)23-19(24)22-12-4-2-1-3-5-12/h6-8,12,14,16-18H,1-5,9-10H2,(H2,22,23,24)/t14-,16-,17+,18+/m0/s1. The van der Waals surface area contributed by atoms with Gasteiger partial charge in [0.2, 0.25) is 0 Å². The molecule has 0 spiro atoms. The second kappa shape index (κ2) is 8.55. The molecule has 148 valence electrons. The van der Waals surface area contributed by atoms with Gasteiger partial charge in [-0.3, -0.25) is 0 Å². The molecule has 0 aromatic heterocycles. The van der Waals surface area contributed by atoms with E-state index in [1.54, 1.807) is 6.07 Å². The maximum atomic E-state index is 12.3. The average molecular weight is 460 g/mol. The van der Waals surface area contributed by atoms with Gasteiger partial charge in [0, 0.05) is 10.5 Å². The molecule has 1 aromatic carbocycles. The van der Waals surface area contributed by atoms with Crippen LogP contribution in [0.3, 0.4) is 0 Å². The summed E-state index contributed by atoms with van der Waals surface area (Å²) >= 11 is 9.64. The van der Waals surface area contributed by atoms with E-state index >= 15 is 0 Å². The van der Waals surface area contributed by atoms with Crippen LogP contribution in [0.2, 0.25) is 5.02 Å². The Kier molecular flexibility index (Phi) is 6.12. The normalized spacial score (nSPS) is 30.7. The summed E-state index contributed by atoms with van der Waals surface area (Å²) in [5.41, 5.74) is 0. The molecule has 3 fully saturated rings. The number of hydrogen-bond donors (Lipinski definition) is 2. The van der Waals surface area contributed by atoms with Crippen molar-refractivity contribution in [2.24, 2.45) is 0 Å². The van der Waals surface area contributed by atoms with Crippen molar-refractivity contribution in [3.63, 3.8) is 0 Å². The van der Waals surface area contributed by atoms with Crippen molar-refractivity contribution in [2.45, 2.75) is 62.5 Å². The predicted molar refractivity (Wildman–Crippen MR) is 105 cm³/mol. The minimum atomic E-state index is -0.255. The minimum absolute atomic E-state index is 0.140. The Morgan fingerprint density at radius 3 is 2.70 bits per heavy atom. The van der Waals surface area contributed by atoms with Gasteiger partial charge in [-0.15, -0.1) is 0 Å². The molecule has 0 bridgehead atoms. The quantitative estimate of drug-likeness (QED) is 0.721. The number of carbonyl (C=O) groups excluding carboxylic acids is 1. The van der Waals surface area contributed by atoms with Gasteiger partial charge in [-0.1, -0.05) is 46.8 Å². The van der Waals surface area contributed by atoms with Crippen molar-refractivity contribution in [2.75, 3.05) is 13.2 Å². The number of amides is 2. The zero-order valence-electron chi connectivity index (χ0n) is 15.0. The van der Waals surface area contributed by atoms with Gasteiger partial charge in [-0.05, 0) is 31.0 Å². The molecule has 4 rings (SSSR count). The molecule has 2 saturated heterocycles. The molecule has 1 saturated carbocycles. The summed E-state index contributed by atoms with van der Waals surface area (Å²) in [6, 6.07) is 5.43. The number of benzene rings is 1. The fraction of sp³-hybridized carbons (Fsp3) is 0.632. The third-order valence-electron chi connectivity index (χ3n) is 5.44. The number of carbonyl (C=O) groups is 1. The van der Waals surface area contributed by atoms with Gasteiger partial charge in [-0.2, -0.15) is 0 Å². The molecule has 27 heavy (non-hydrogen) atoms. The number of urea groups is 1. The third-order valence-corrected chi connectivity index (χ3v) is 6.24. The Morgan fingerprint density at radius 1 is 1.11 bits per heavy atom. The van der Waals surface area contributed by atoms with E-state index in [0.29, 0.717) is 24.0 Å². The average Bonchev–Trinajstić information content (AvgIpc) is 3.23. The smallest absolute Gasteiger partial charge is 0.315 e. The zero-order chi connectivity index (χ0) is 18.8. The van der Waals surface area contributed by atoms with Crippen LogP contribution in [0.1, 0.15) is 32.1 Å². The van der Waals surface area contributed by atoms with Gasteiger partial charge in [0.05, 0.1) is 24.3 Å². The molecular weight excluding hydrogens is 436 g/mol. The summed E-state index contributed by atoms with van der Waals surface area (Å²) in [5.74, 6) is 0.593. The van der Waals surface area contributed by atoms with E-state index in [1.165, 1.54) is 19.3 Å². The third kappa shape index (κ3) is 4.53. The van der Waals surface area contributed by atoms with Crippen LogP contribution in [0.4, 0.5) is 4.79 Å². The Bertz CT molecular complexity index is 686. The van der Waals surface area contributed by atoms with Crippen LogP contribution in [0, 0.1) is 0 Å². The van der Waals surface area contributed by atoms with Crippen LogP contribution < -0.4 is 15.4 Å². The molecule has 1 aliphatic carbocycles. The van der Waals surface area contributed by atoms with E-state index in [-0.39, 0.29) is 36.4 Å². The van der Waals surface area contributed by atoms with Crippen LogP contribution in [0.25, 0.3) is 0 Å². The summed E-state index contributed by atoms with van der Waals surface area (Å²) in [5, 5.41) is 6.63. The van der Waals surface area contributed by atoms with Crippen LogP contribution in [0.15, 0.2) is 22.7 Å². The molecule has 0 unspecified atom stereocenters. The predicted octanol–water partition coefficient (Wildman–Crippen LogP) is 3.65. The van der Waals surface area contributed by atoms with Gasteiger partial charge in [-0.25, -0.2) is 4.79 Å². The lowest BCUT2D eigenvalue weighted by atomic mass is 9.96. The maximum absolute atomic E-state index is 12.3. The van der Waals surface area contributed by atoms with Crippen molar-refractivity contribution in [1.29, 1.82) is 0 Å². The molecule has 4 atom stereocenters. The highest BCUT2D eigenvalue weighted by Gasteiger charge is 2.49. The summed E-state index contributed by atoms with van der Waals surface area (Å²) in [6.07, 6.45) is 5.05. The number of fused-ring (bicyclic) bond motifs is 1. The number of ether oxygens (including phenoxy) is 3. The topological polar surface area (TPSA) is 68.8 Å². The molecule has 2 amide bonds. The van der Waals surface area contributed by atoms with Crippen molar-refractivity contribution in [3.8, 4) is 5.75 Å². The van der Waals surface area contributed by atoms with Gasteiger partial charge in [0.1, 0.15) is 18.0 Å². The zero-order valence-corrected chi connectivity index (χ0v) is 17.3. The fourth-order valence-electron chi connectivity index (χ4n) is 4.06. The second-order valence-corrected chi connectivity index (χ2v) is 8.71. The number of halogens is 2. The largest absolute Gasteiger partial charge is 0.484 e. The van der Waals surface area contributed by atoms with Gasteiger partial charge >= 0.3 is 6.03 Å². The summed E-state index contributed by atoms with van der Waals surface area (Å²) in [4.78, 5) is 12.3. The first kappa shape index (κ1) is 19.3. The van der Waals surface area contributed by atoms with E-state index in [2.05, 4.69) is 26.6 Å². The van der Waals surface area contributed by atoms with Gasteiger partial charge in [0.15, 0.2) is 6.10 Å². The van der Waals surface area contributed by atoms with Gasteiger partial charge in [0.25, 0.3) is 0 Å². The van der Waals surface area contributed by atoms with Crippen molar-refractivity contribution in [1.82, 2.24) is 10.6 Å². The number of rotatable bonds is 4. The fourth-order valence-corrected chi connectivity index (χ4v) is 4.56. The van der Waals surface area contributed by atoms with E-state index in [4.69, 9.17) is 25.8 Å². The molecule has 2 aliphatic heterocycles. The minimum Gasteiger partial charge on any atom is -0.484 e. The maximum Gasteiger partial charge on any atom is 0.315 e. The highest BCUT2D eigenvalue weighted by atomic mass is 79.9. The molecule has 2 heterocycles. The second-order valence-electron chi connectivity index (χ2n) is 7.39. The van der Waals surface area contributed by atoms with Crippen LogP contribution in [-0.2, 0) is 9.47 Å². The first-order valence-electron chi connectivity index (χ1n) is 9.52. The summed E-state index contributed by atoms with van der Waals surface area (Å²) in [7, 11) is 0. The lowest BCUT2D eigenvalue weighted by Gasteiger charge is -2.24. The lowest BCUT2D eigenvalue weighted by molar-refractivity contribution is 0.0304. The number of hydrogen-bond acceptors (Lipinski definition) is 4. The Labute approximate surface area is 172 Å². The molecule has 1 aromatic rings. The Balaban J connectivity index is 1.31. The number of nitrogens with one attached hydrogen (secondary N) is 2. The molecule has 8 heteroatoms. The van der Waals surface area contributed by atoms with Crippen LogP contribution in [-0.4, -0.2) is 49.6 Å². The van der Waals surface area contributed by atoms with Gasteiger partial charge < -0.3 is 24.8 Å². The van der Waals surface area contributed by atoms with E-state index < -0.39 is 0 Å². The Hall–Kier alpha value is -1.02. The molecular formula is C19H24BrClN2O4. The van der Waals surface area contributed by atoms with E-state index in [0.717, 1.165) is 17.3 Å². The highest BCUT2D eigenvalue weighted by molar-refractivity contribution is 9.10. The summed E-state index contributed by atoms with van der Waals surface area (Å²) in [6.45, 7) is 0.820. The molecule has 2 N–H and O–H groups in total. The SMILES string of the molecule is O=C(NC1CCCCC1)N[C@H]1CO[C@H]2[C@@H]1OC[C@@H]2Oc1cc(Br)ccc1Cl. The lowest BCUT2D eigenvalue weighted by Crippen LogP contribution is -2.51. The summed E-state index contributed by atoms with van der Waals surface area (Å²) < 4.78 is 18.7. The van der Waals surface area contributed by atoms with Crippen LogP contribution >= 0.6 is 27.5 Å². The van der Waals surface area contributed by atoms with Crippen LogP contribution in [0.5, 0.6) is 5.75 Å². The highest BCUT2D eigenvalue weighted by Crippen LogP contribution is 2.34. The Morgan fingerprint density at radius 2 is 1.89 bits per heavy atom. The first-order chi connectivity index (χ1) is 13.1. The van der Waals surface area contributed by atoms with Crippen molar-refractivity contribution < 1.29 is 19.0 Å². The molecule has 6 nitrogen and oxygen atoms in total. The van der Waals surface area contributed by atoms with E-state index in [1.807, 2.05) is 12.1 Å². The molecule has 0 radical (unpaired) electrons. The molecule has 3 aliphatic rings.